The van der Waals surface area contributed by atoms with Crippen LogP contribution in [0.25, 0.3) is 0 Å². The number of fused-ring (bicyclic) bond motifs is 7. The van der Waals surface area contributed by atoms with Gasteiger partial charge in [0.15, 0.2) is 11.6 Å². The van der Waals surface area contributed by atoms with Gasteiger partial charge in [0, 0.05) is 19.2 Å². The highest BCUT2D eigenvalue weighted by Crippen LogP contribution is 2.39. The average Bonchev–Trinajstić information content (AvgIpc) is 3.48. The summed E-state index contributed by atoms with van der Waals surface area (Å²) in [5.41, 5.74) is 4.17. The summed E-state index contributed by atoms with van der Waals surface area (Å²) in [5.74, 6) is 0.596. The standard InChI is InChI=1S/C33H32FN3O5/c1-20(2)28-19-30(42-36-28)33(39)37-13-11-22-17-25-8-9-26(22)32(37)23-5-3-6-24(18-23)40-14-4-12-35-31(38)16-21-7-10-27(34)29(15-21)41-25/h3,5-10,15,17-20,32H,4,11-14,16H2,1-2H3,(H,35,38). The minimum absolute atomic E-state index is 0.0507. The normalized spacial score (nSPS) is 17.0. The first-order valence-electron chi connectivity index (χ1n) is 14.2. The fourth-order valence-corrected chi connectivity index (χ4v) is 5.42. The van der Waals surface area contributed by atoms with E-state index < -0.39 is 11.9 Å². The zero-order valence-electron chi connectivity index (χ0n) is 23.6. The molecule has 1 aromatic heterocycles. The molecule has 0 spiro atoms. The molecular formula is C33H32FN3O5. The molecule has 0 aliphatic carbocycles. The van der Waals surface area contributed by atoms with E-state index in [9.17, 15) is 14.0 Å². The van der Waals surface area contributed by atoms with E-state index in [0.717, 1.165) is 22.4 Å². The van der Waals surface area contributed by atoms with Crippen LogP contribution < -0.4 is 14.8 Å². The van der Waals surface area contributed by atoms with Crippen molar-refractivity contribution in [1.29, 1.82) is 0 Å². The molecule has 3 aliphatic rings. The van der Waals surface area contributed by atoms with E-state index >= 15 is 0 Å². The van der Waals surface area contributed by atoms with E-state index in [1.54, 1.807) is 29.2 Å². The fraction of sp³-hybridized carbons (Fsp3) is 0.303. The summed E-state index contributed by atoms with van der Waals surface area (Å²) in [6.45, 7) is 5.27. The second-order valence-electron chi connectivity index (χ2n) is 11.0. The quantitative estimate of drug-likeness (QED) is 0.320. The molecule has 0 saturated carbocycles. The van der Waals surface area contributed by atoms with Crippen LogP contribution in [0.3, 0.4) is 0 Å². The predicted molar refractivity (Wildman–Crippen MR) is 153 cm³/mol. The zero-order valence-corrected chi connectivity index (χ0v) is 23.6. The molecule has 9 heteroatoms. The Morgan fingerprint density at radius 3 is 2.79 bits per heavy atom. The van der Waals surface area contributed by atoms with E-state index in [-0.39, 0.29) is 35.7 Å². The van der Waals surface area contributed by atoms with Crippen LogP contribution in [0.1, 0.15) is 70.7 Å². The average molecular weight is 570 g/mol. The van der Waals surface area contributed by atoms with Gasteiger partial charge in [-0.2, -0.15) is 0 Å². The van der Waals surface area contributed by atoms with Crippen molar-refractivity contribution in [1.82, 2.24) is 15.4 Å². The van der Waals surface area contributed by atoms with Gasteiger partial charge in [-0.25, -0.2) is 4.39 Å². The first kappa shape index (κ1) is 27.5. The molecule has 1 atom stereocenters. The molecule has 8 bridgehead atoms. The monoisotopic (exact) mass is 569 g/mol. The number of amides is 2. The Morgan fingerprint density at radius 2 is 1.95 bits per heavy atom. The number of hydrogen-bond acceptors (Lipinski definition) is 6. The third kappa shape index (κ3) is 5.72. The highest BCUT2D eigenvalue weighted by atomic mass is 19.1. The molecule has 1 unspecified atom stereocenters. The van der Waals surface area contributed by atoms with Crippen LogP contribution in [0.2, 0.25) is 0 Å². The number of halogens is 1. The molecule has 4 aromatic rings. The summed E-state index contributed by atoms with van der Waals surface area (Å²) in [6.07, 6.45) is 1.29. The molecular weight excluding hydrogens is 537 g/mol. The molecule has 8 nitrogen and oxygen atoms in total. The molecule has 1 N–H and O–H groups in total. The predicted octanol–water partition coefficient (Wildman–Crippen LogP) is 5.96. The van der Waals surface area contributed by atoms with E-state index in [1.807, 2.05) is 50.2 Å². The lowest BCUT2D eigenvalue weighted by atomic mass is 9.87. The topological polar surface area (TPSA) is 93.9 Å². The molecule has 42 heavy (non-hydrogen) atoms. The molecule has 0 saturated heterocycles. The van der Waals surface area contributed by atoms with Gasteiger partial charge in [0.25, 0.3) is 5.91 Å². The van der Waals surface area contributed by atoms with Crippen molar-refractivity contribution in [2.75, 3.05) is 19.7 Å². The fourth-order valence-electron chi connectivity index (χ4n) is 5.42. The van der Waals surface area contributed by atoms with Crippen LogP contribution in [0, 0.1) is 5.82 Å². The maximum atomic E-state index is 14.7. The maximum absolute atomic E-state index is 14.7. The SMILES string of the molecule is CC(C)c1cc(C(=O)N2CCc3cc4ccc3C2c2cccc(c2)OCCCNC(=O)Cc2ccc(F)c(c2)O4)on1. The van der Waals surface area contributed by atoms with Crippen molar-refractivity contribution in [3.05, 3.63) is 106 Å². The van der Waals surface area contributed by atoms with Crippen molar-refractivity contribution in [3.8, 4) is 17.2 Å². The summed E-state index contributed by atoms with van der Waals surface area (Å²) in [7, 11) is 0. The Morgan fingerprint density at radius 1 is 1.07 bits per heavy atom. The summed E-state index contributed by atoms with van der Waals surface area (Å²) < 4.78 is 32.2. The van der Waals surface area contributed by atoms with Gasteiger partial charge in [-0.1, -0.05) is 43.3 Å². The van der Waals surface area contributed by atoms with Gasteiger partial charge < -0.3 is 24.2 Å². The Hall–Kier alpha value is -4.66. The summed E-state index contributed by atoms with van der Waals surface area (Å²) in [6, 6.07) is 19.0. The highest BCUT2D eigenvalue weighted by Gasteiger charge is 2.35. The molecule has 3 aromatic carbocycles. The Labute approximate surface area is 243 Å². The van der Waals surface area contributed by atoms with Gasteiger partial charge in [-0.15, -0.1) is 0 Å². The van der Waals surface area contributed by atoms with Crippen molar-refractivity contribution < 1.29 is 28.0 Å². The number of benzene rings is 3. The number of carbonyl (C=O) groups excluding carboxylic acids is 2. The van der Waals surface area contributed by atoms with Gasteiger partial charge in [0.1, 0.15) is 11.5 Å². The van der Waals surface area contributed by atoms with Crippen LogP contribution in [-0.4, -0.2) is 41.6 Å². The van der Waals surface area contributed by atoms with E-state index in [4.69, 9.17) is 14.0 Å². The van der Waals surface area contributed by atoms with E-state index in [2.05, 4.69) is 10.5 Å². The minimum Gasteiger partial charge on any atom is -0.494 e. The number of nitrogens with one attached hydrogen (secondary N) is 1. The van der Waals surface area contributed by atoms with Crippen molar-refractivity contribution in [3.63, 3.8) is 0 Å². The smallest absolute Gasteiger partial charge is 0.293 e. The van der Waals surface area contributed by atoms with Crippen LogP contribution in [0.15, 0.2) is 71.3 Å². The van der Waals surface area contributed by atoms with E-state index in [1.165, 1.54) is 6.07 Å². The van der Waals surface area contributed by atoms with Crippen molar-refractivity contribution >= 4 is 11.8 Å². The zero-order chi connectivity index (χ0) is 29.2. The second kappa shape index (κ2) is 11.7. The third-order valence-corrected chi connectivity index (χ3v) is 7.61. The van der Waals surface area contributed by atoms with Crippen LogP contribution in [0.4, 0.5) is 4.39 Å². The van der Waals surface area contributed by atoms with Crippen LogP contribution >= 0.6 is 0 Å². The van der Waals surface area contributed by atoms with Gasteiger partial charge in [-0.05, 0) is 77.4 Å². The minimum atomic E-state index is -0.515. The number of hydrogen-bond donors (Lipinski definition) is 1. The molecule has 2 amide bonds. The Kier molecular flexibility index (Phi) is 7.65. The third-order valence-electron chi connectivity index (χ3n) is 7.61. The molecule has 0 radical (unpaired) electrons. The summed E-state index contributed by atoms with van der Waals surface area (Å²) in [4.78, 5) is 28.1. The van der Waals surface area contributed by atoms with Crippen LogP contribution in [0.5, 0.6) is 17.2 Å². The van der Waals surface area contributed by atoms with Gasteiger partial charge in [0.05, 0.1) is 24.8 Å². The van der Waals surface area contributed by atoms with Crippen molar-refractivity contribution in [2.24, 2.45) is 0 Å². The van der Waals surface area contributed by atoms with Crippen molar-refractivity contribution in [2.45, 2.75) is 45.1 Å². The maximum Gasteiger partial charge on any atom is 0.293 e. The lowest BCUT2D eigenvalue weighted by Gasteiger charge is -2.37. The number of aromatic nitrogens is 1. The van der Waals surface area contributed by atoms with Crippen LogP contribution in [-0.2, 0) is 17.6 Å². The molecule has 4 heterocycles. The van der Waals surface area contributed by atoms with E-state index in [0.29, 0.717) is 49.6 Å². The first-order valence-corrected chi connectivity index (χ1v) is 14.2. The Bertz CT molecular complexity index is 1630. The highest BCUT2D eigenvalue weighted by molar-refractivity contribution is 5.92. The molecule has 7 rings (SSSR count). The van der Waals surface area contributed by atoms with Gasteiger partial charge in [-0.3, -0.25) is 9.59 Å². The molecule has 0 fully saturated rings. The summed E-state index contributed by atoms with van der Waals surface area (Å²) >= 11 is 0. The lowest BCUT2D eigenvalue weighted by molar-refractivity contribution is -0.120. The summed E-state index contributed by atoms with van der Waals surface area (Å²) in [5, 5.41) is 6.98. The second-order valence-corrected chi connectivity index (χ2v) is 11.0. The number of rotatable bonds is 2. The number of carbonyl (C=O) groups is 2. The lowest BCUT2D eigenvalue weighted by Crippen LogP contribution is -2.40. The number of nitrogens with zero attached hydrogens (tertiary/aromatic N) is 2. The Balaban J connectivity index is 1.41. The first-order chi connectivity index (χ1) is 20.4. The molecule has 216 valence electrons. The van der Waals surface area contributed by atoms with Gasteiger partial charge in [0.2, 0.25) is 11.7 Å². The largest absolute Gasteiger partial charge is 0.494 e. The number of ether oxygens (including phenoxy) is 2. The van der Waals surface area contributed by atoms with Gasteiger partial charge >= 0.3 is 0 Å². The molecule has 3 aliphatic heterocycles.